The van der Waals surface area contributed by atoms with E-state index in [9.17, 15) is 4.79 Å². The Kier molecular flexibility index (Phi) is 3.56. The second kappa shape index (κ2) is 5.36. The van der Waals surface area contributed by atoms with Gasteiger partial charge >= 0.3 is 0 Å². The Labute approximate surface area is 130 Å². The van der Waals surface area contributed by atoms with Crippen LogP contribution in [0.4, 0.5) is 0 Å². The van der Waals surface area contributed by atoms with Gasteiger partial charge in [0.05, 0.1) is 23.3 Å². The zero-order valence-electron chi connectivity index (χ0n) is 11.0. The number of halogens is 1. The van der Waals surface area contributed by atoms with Crippen molar-refractivity contribution in [3.63, 3.8) is 0 Å². The minimum Gasteiger partial charge on any atom is -0.291 e. The molecule has 3 rings (SSSR count). The van der Waals surface area contributed by atoms with Gasteiger partial charge in [-0.15, -0.1) is 0 Å². The monoisotopic (exact) mass is 376 g/mol. The number of nitrogens with zero attached hydrogens (tertiary/aromatic N) is 2. The molecule has 3 aromatic rings. The van der Waals surface area contributed by atoms with Gasteiger partial charge in [0.1, 0.15) is 0 Å². The zero-order chi connectivity index (χ0) is 14.1. The Bertz CT molecular complexity index is 812. The van der Waals surface area contributed by atoms with Crippen LogP contribution in [0.2, 0.25) is 0 Å². The quantitative estimate of drug-likeness (QED) is 0.641. The van der Waals surface area contributed by atoms with E-state index < -0.39 is 0 Å². The van der Waals surface area contributed by atoms with E-state index in [1.165, 1.54) is 0 Å². The Hall–Kier alpha value is -1.69. The number of rotatable bonds is 2. The third kappa shape index (κ3) is 2.35. The van der Waals surface area contributed by atoms with Gasteiger partial charge in [-0.05, 0) is 53.3 Å². The first kappa shape index (κ1) is 13.3. The fourth-order valence-corrected chi connectivity index (χ4v) is 2.77. The number of fused-ring (bicyclic) bond motifs is 1. The molecule has 0 saturated heterocycles. The molecule has 1 aromatic heterocycles. The van der Waals surface area contributed by atoms with Crippen molar-refractivity contribution in [3.05, 3.63) is 74.3 Å². The van der Waals surface area contributed by atoms with Gasteiger partial charge in [0.2, 0.25) is 0 Å². The Morgan fingerprint density at radius 1 is 1.15 bits per heavy atom. The fourth-order valence-electron chi connectivity index (χ4n) is 2.28. The van der Waals surface area contributed by atoms with Crippen LogP contribution in [0, 0.1) is 3.57 Å². The van der Waals surface area contributed by atoms with E-state index in [4.69, 9.17) is 0 Å². The van der Waals surface area contributed by atoms with Crippen LogP contribution in [0.15, 0.2) is 59.7 Å². The van der Waals surface area contributed by atoms with Crippen molar-refractivity contribution in [1.82, 2.24) is 9.55 Å². The summed E-state index contributed by atoms with van der Waals surface area (Å²) in [7, 11) is 0. The molecule has 4 heteroatoms. The first-order chi connectivity index (χ1) is 9.66. The molecule has 1 unspecified atom stereocenters. The maximum atomic E-state index is 12.6. The van der Waals surface area contributed by atoms with Crippen LogP contribution in [-0.4, -0.2) is 9.55 Å². The van der Waals surface area contributed by atoms with Gasteiger partial charge in [-0.2, -0.15) is 0 Å². The maximum absolute atomic E-state index is 12.6. The molecule has 0 bridgehead atoms. The number of hydrogen-bond acceptors (Lipinski definition) is 2. The molecule has 2 aromatic carbocycles. The molecule has 0 N–H and O–H groups in total. The summed E-state index contributed by atoms with van der Waals surface area (Å²) >= 11 is 2.21. The van der Waals surface area contributed by atoms with E-state index in [1.807, 2.05) is 55.5 Å². The van der Waals surface area contributed by atoms with E-state index in [1.54, 1.807) is 10.9 Å². The predicted molar refractivity (Wildman–Crippen MR) is 89.0 cm³/mol. The molecule has 3 nitrogen and oxygen atoms in total. The first-order valence-corrected chi connectivity index (χ1v) is 7.46. The molecule has 0 radical (unpaired) electrons. The summed E-state index contributed by atoms with van der Waals surface area (Å²) < 4.78 is 2.73. The standard InChI is InChI=1S/C16H13IN2O/c1-11(12-5-3-2-4-6-12)19-10-18-15-8-7-13(17)9-14(15)16(19)20/h2-11H,1H3. The molecule has 1 heterocycles. The number of hydrogen-bond donors (Lipinski definition) is 0. The third-order valence-corrected chi connectivity index (χ3v) is 4.11. The average Bonchev–Trinajstić information content (AvgIpc) is 2.48. The molecular weight excluding hydrogens is 363 g/mol. The summed E-state index contributed by atoms with van der Waals surface area (Å²) in [5.74, 6) is 0. The fraction of sp³-hybridized carbons (Fsp3) is 0.125. The second-order valence-electron chi connectivity index (χ2n) is 4.71. The SMILES string of the molecule is CC(c1ccccc1)n1cnc2ccc(I)cc2c1=O. The van der Waals surface area contributed by atoms with Crippen molar-refractivity contribution in [2.45, 2.75) is 13.0 Å². The van der Waals surface area contributed by atoms with Crippen LogP contribution in [0.3, 0.4) is 0 Å². The van der Waals surface area contributed by atoms with Crippen LogP contribution in [0.5, 0.6) is 0 Å². The van der Waals surface area contributed by atoms with Gasteiger partial charge in [0, 0.05) is 3.57 Å². The predicted octanol–water partition coefficient (Wildman–Crippen LogP) is 3.61. The van der Waals surface area contributed by atoms with Gasteiger partial charge in [-0.25, -0.2) is 4.98 Å². The number of aromatic nitrogens is 2. The smallest absolute Gasteiger partial charge is 0.261 e. The van der Waals surface area contributed by atoms with Crippen molar-refractivity contribution in [2.75, 3.05) is 0 Å². The largest absolute Gasteiger partial charge is 0.291 e. The molecule has 0 aliphatic heterocycles. The molecule has 100 valence electrons. The minimum absolute atomic E-state index is 0.00451. The van der Waals surface area contributed by atoms with E-state index in [0.29, 0.717) is 5.39 Å². The molecule has 0 amide bonds. The van der Waals surface area contributed by atoms with E-state index in [0.717, 1.165) is 14.7 Å². The van der Waals surface area contributed by atoms with Gasteiger partial charge in [-0.1, -0.05) is 30.3 Å². The molecule has 20 heavy (non-hydrogen) atoms. The lowest BCUT2D eigenvalue weighted by Gasteiger charge is -2.15. The second-order valence-corrected chi connectivity index (χ2v) is 5.95. The maximum Gasteiger partial charge on any atom is 0.261 e. The van der Waals surface area contributed by atoms with E-state index in [-0.39, 0.29) is 11.6 Å². The normalized spacial score (nSPS) is 12.5. The average molecular weight is 376 g/mol. The van der Waals surface area contributed by atoms with Crippen LogP contribution >= 0.6 is 22.6 Å². The highest BCUT2D eigenvalue weighted by Gasteiger charge is 2.11. The van der Waals surface area contributed by atoms with E-state index in [2.05, 4.69) is 27.6 Å². The topological polar surface area (TPSA) is 34.9 Å². The van der Waals surface area contributed by atoms with Crippen LogP contribution < -0.4 is 5.56 Å². The van der Waals surface area contributed by atoms with Gasteiger partial charge in [-0.3, -0.25) is 9.36 Å². The van der Waals surface area contributed by atoms with E-state index >= 15 is 0 Å². The van der Waals surface area contributed by atoms with Crippen molar-refractivity contribution in [1.29, 1.82) is 0 Å². The molecule has 0 fully saturated rings. The Morgan fingerprint density at radius 3 is 2.65 bits per heavy atom. The Balaban J connectivity index is 2.18. The van der Waals surface area contributed by atoms with Crippen molar-refractivity contribution < 1.29 is 0 Å². The van der Waals surface area contributed by atoms with Crippen LogP contribution in [0.25, 0.3) is 10.9 Å². The molecule has 1 atom stereocenters. The van der Waals surface area contributed by atoms with Crippen molar-refractivity contribution >= 4 is 33.5 Å². The van der Waals surface area contributed by atoms with Gasteiger partial charge in [0.25, 0.3) is 5.56 Å². The minimum atomic E-state index is -0.0292. The van der Waals surface area contributed by atoms with Crippen LogP contribution in [-0.2, 0) is 0 Å². The molecule has 0 saturated carbocycles. The lowest BCUT2D eigenvalue weighted by atomic mass is 10.1. The van der Waals surface area contributed by atoms with Crippen molar-refractivity contribution in [3.8, 4) is 0 Å². The Morgan fingerprint density at radius 2 is 1.90 bits per heavy atom. The van der Waals surface area contributed by atoms with Gasteiger partial charge < -0.3 is 0 Å². The third-order valence-electron chi connectivity index (χ3n) is 3.44. The summed E-state index contributed by atoms with van der Waals surface area (Å²) in [6, 6.07) is 15.7. The summed E-state index contributed by atoms with van der Waals surface area (Å²) in [5.41, 5.74) is 1.85. The van der Waals surface area contributed by atoms with Crippen molar-refractivity contribution in [2.24, 2.45) is 0 Å². The summed E-state index contributed by atoms with van der Waals surface area (Å²) in [4.78, 5) is 17.0. The molecule has 0 spiro atoms. The summed E-state index contributed by atoms with van der Waals surface area (Å²) in [5, 5.41) is 0.669. The molecular formula is C16H13IN2O. The first-order valence-electron chi connectivity index (χ1n) is 6.38. The molecule has 0 aliphatic carbocycles. The molecule has 0 aliphatic rings. The lowest BCUT2D eigenvalue weighted by Crippen LogP contribution is -2.24. The summed E-state index contributed by atoms with van der Waals surface area (Å²) in [6.07, 6.45) is 1.63. The summed E-state index contributed by atoms with van der Waals surface area (Å²) in [6.45, 7) is 2.01. The lowest BCUT2D eigenvalue weighted by molar-refractivity contribution is 0.609. The zero-order valence-corrected chi connectivity index (χ0v) is 13.1. The highest BCUT2D eigenvalue weighted by atomic mass is 127. The van der Waals surface area contributed by atoms with Crippen LogP contribution in [0.1, 0.15) is 18.5 Å². The highest BCUT2D eigenvalue weighted by Crippen LogP contribution is 2.17. The highest BCUT2D eigenvalue weighted by molar-refractivity contribution is 14.1. The van der Waals surface area contributed by atoms with Gasteiger partial charge in [0.15, 0.2) is 0 Å². The number of benzene rings is 2.